The quantitative estimate of drug-likeness (QED) is 0.175. The Kier molecular flexibility index (Phi) is 6.72. The van der Waals surface area contributed by atoms with Crippen LogP contribution in [0.25, 0.3) is 114 Å². The molecule has 1 aliphatic carbocycles. The van der Waals surface area contributed by atoms with Crippen LogP contribution >= 0.6 is 11.3 Å². The predicted molar refractivity (Wildman–Crippen MR) is 246 cm³/mol. The van der Waals surface area contributed by atoms with Gasteiger partial charge in [-0.3, -0.25) is 0 Å². The number of aryl methyl sites for hydroxylation is 1. The van der Waals surface area contributed by atoms with Crippen LogP contribution < -0.4 is 0 Å². The standard InChI is InChI=1S/C54H34N2OS/c1-2-15-33(16-3-1)55-45-25-8-4-19-41(45)51-37(21-13-27-47(51)55)38-22-14-28-48-52(38)42-20-5-9-26-46(42)56(48)34-31-43-36-18-7-11-30-50(36)58-54(43)44(32-34)40-24-12-23-39-35-17-6-10-29-49(35)57-53(39)40/h1-9,11-28,30-32H,10,29H2. The predicted octanol–water partition coefficient (Wildman–Crippen LogP) is 15.3. The van der Waals surface area contributed by atoms with Gasteiger partial charge in [0, 0.05) is 81.6 Å². The number of furan rings is 1. The summed E-state index contributed by atoms with van der Waals surface area (Å²) < 4.78 is 14.2. The highest BCUT2D eigenvalue weighted by Crippen LogP contribution is 2.48. The Morgan fingerprint density at radius 1 is 0.448 bits per heavy atom. The molecule has 58 heavy (non-hydrogen) atoms. The van der Waals surface area contributed by atoms with E-state index in [0.29, 0.717) is 0 Å². The fraction of sp³-hybridized carbons (Fsp3) is 0.0370. The smallest absolute Gasteiger partial charge is 0.142 e. The van der Waals surface area contributed by atoms with E-state index in [2.05, 4.69) is 191 Å². The molecule has 0 atom stereocenters. The van der Waals surface area contributed by atoms with Gasteiger partial charge in [-0.25, -0.2) is 0 Å². The summed E-state index contributed by atoms with van der Waals surface area (Å²) in [5.74, 6) is 1.09. The summed E-state index contributed by atoms with van der Waals surface area (Å²) in [6.07, 6.45) is 6.46. The zero-order valence-corrected chi connectivity index (χ0v) is 32.3. The Morgan fingerprint density at radius 2 is 1.03 bits per heavy atom. The summed E-state index contributed by atoms with van der Waals surface area (Å²) in [5, 5.41) is 8.75. The van der Waals surface area contributed by atoms with Crippen LogP contribution in [0.3, 0.4) is 0 Å². The SMILES string of the molecule is C1=Cc2c(oc3c(-c4cc(-n5c6ccccc6c6c(-c7cccc8c7c7ccccc7n8-c7ccccc7)cccc65)cc5c4sc4ccccc45)cccc23)CC1. The molecule has 0 saturated heterocycles. The molecule has 0 saturated carbocycles. The van der Waals surface area contributed by atoms with Crippen LogP contribution in [0.2, 0.25) is 0 Å². The van der Waals surface area contributed by atoms with E-state index in [1.54, 1.807) is 0 Å². The van der Waals surface area contributed by atoms with Crippen LogP contribution in [-0.4, -0.2) is 9.13 Å². The molecule has 0 unspecified atom stereocenters. The van der Waals surface area contributed by atoms with Crippen LogP contribution in [0.15, 0.2) is 180 Å². The molecule has 0 fully saturated rings. The Morgan fingerprint density at radius 3 is 1.78 bits per heavy atom. The first-order valence-corrected chi connectivity index (χ1v) is 20.9. The number of thiophene rings is 1. The van der Waals surface area contributed by atoms with E-state index in [1.165, 1.54) is 91.4 Å². The van der Waals surface area contributed by atoms with Gasteiger partial charge in [0.15, 0.2) is 0 Å². The highest BCUT2D eigenvalue weighted by molar-refractivity contribution is 7.26. The lowest BCUT2D eigenvalue weighted by molar-refractivity contribution is 0.547. The summed E-state index contributed by atoms with van der Waals surface area (Å²) in [5.41, 5.74) is 14.1. The zero-order chi connectivity index (χ0) is 37.9. The average molecular weight is 759 g/mol. The van der Waals surface area contributed by atoms with Crippen LogP contribution in [0.5, 0.6) is 0 Å². The van der Waals surface area contributed by atoms with Crippen molar-refractivity contribution < 1.29 is 4.42 Å². The van der Waals surface area contributed by atoms with Crippen molar-refractivity contribution in [2.45, 2.75) is 12.8 Å². The normalized spacial score (nSPS) is 13.0. The molecular formula is C54H34N2OS. The van der Waals surface area contributed by atoms with Crippen molar-refractivity contribution >= 4 is 92.2 Å². The number of para-hydroxylation sites is 4. The number of aromatic nitrogens is 2. The van der Waals surface area contributed by atoms with Gasteiger partial charge in [0.2, 0.25) is 0 Å². The maximum atomic E-state index is 6.78. The monoisotopic (exact) mass is 758 g/mol. The third kappa shape index (κ3) is 4.43. The minimum Gasteiger partial charge on any atom is -0.460 e. The molecule has 272 valence electrons. The molecule has 4 heterocycles. The average Bonchev–Trinajstić information content (AvgIpc) is 4.04. The molecule has 0 amide bonds. The molecule has 0 N–H and O–H groups in total. The molecule has 13 rings (SSSR count). The molecule has 4 aromatic heterocycles. The van der Waals surface area contributed by atoms with Gasteiger partial charge in [0.25, 0.3) is 0 Å². The highest BCUT2D eigenvalue weighted by Gasteiger charge is 2.24. The maximum absolute atomic E-state index is 6.78. The molecular weight excluding hydrogens is 725 g/mol. The van der Waals surface area contributed by atoms with Crippen molar-refractivity contribution in [3.05, 3.63) is 187 Å². The summed E-state index contributed by atoms with van der Waals surface area (Å²) in [4.78, 5) is 0. The van der Waals surface area contributed by atoms with Crippen molar-refractivity contribution in [1.82, 2.24) is 9.13 Å². The van der Waals surface area contributed by atoms with Crippen molar-refractivity contribution in [1.29, 1.82) is 0 Å². The van der Waals surface area contributed by atoms with Crippen LogP contribution in [0.1, 0.15) is 17.7 Å². The number of allylic oxidation sites excluding steroid dienone is 1. The van der Waals surface area contributed by atoms with E-state index >= 15 is 0 Å². The molecule has 0 radical (unpaired) electrons. The summed E-state index contributed by atoms with van der Waals surface area (Å²) in [6.45, 7) is 0. The van der Waals surface area contributed by atoms with Crippen molar-refractivity contribution in [2.75, 3.05) is 0 Å². The highest BCUT2D eigenvalue weighted by atomic mass is 32.1. The number of rotatable bonds is 4. The molecule has 0 bridgehead atoms. The minimum absolute atomic E-state index is 0.933. The Labute approximate surface area is 337 Å². The van der Waals surface area contributed by atoms with E-state index in [1.807, 2.05) is 11.3 Å². The van der Waals surface area contributed by atoms with Crippen LogP contribution in [0, 0.1) is 0 Å². The van der Waals surface area contributed by atoms with E-state index < -0.39 is 0 Å². The molecule has 1 aliphatic rings. The van der Waals surface area contributed by atoms with Gasteiger partial charge in [-0.1, -0.05) is 127 Å². The molecule has 0 aliphatic heterocycles. The van der Waals surface area contributed by atoms with E-state index in [-0.39, 0.29) is 0 Å². The Hall–Kier alpha value is -7.14. The third-order valence-electron chi connectivity index (χ3n) is 12.4. The van der Waals surface area contributed by atoms with Crippen molar-refractivity contribution in [3.63, 3.8) is 0 Å². The first-order chi connectivity index (χ1) is 28.8. The topological polar surface area (TPSA) is 23.0 Å². The molecule has 8 aromatic carbocycles. The molecule has 12 aromatic rings. The van der Waals surface area contributed by atoms with E-state index in [4.69, 9.17) is 4.42 Å². The van der Waals surface area contributed by atoms with Gasteiger partial charge in [-0.05, 0) is 72.1 Å². The van der Waals surface area contributed by atoms with E-state index in [9.17, 15) is 0 Å². The van der Waals surface area contributed by atoms with Crippen molar-refractivity contribution in [3.8, 4) is 33.6 Å². The fourth-order valence-electron chi connectivity index (χ4n) is 9.95. The number of hydrogen-bond acceptors (Lipinski definition) is 2. The number of hydrogen-bond donors (Lipinski definition) is 0. The number of benzene rings is 8. The van der Waals surface area contributed by atoms with Gasteiger partial charge in [-0.15, -0.1) is 11.3 Å². The lowest BCUT2D eigenvalue weighted by atomic mass is 9.95. The zero-order valence-electron chi connectivity index (χ0n) is 31.4. The number of nitrogens with zero attached hydrogens (tertiary/aromatic N) is 2. The Balaban J connectivity index is 1.12. The lowest BCUT2D eigenvalue weighted by Gasteiger charge is -2.13. The molecule has 3 nitrogen and oxygen atoms in total. The van der Waals surface area contributed by atoms with Crippen molar-refractivity contribution in [2.24, 2.45) is 0 Å². The van der Waals surface area contributed by atoms with Crippen LogP contribution in [-0.2, 0) is 6.42 Å². The second kappa shape index (κ2) is 12.2. The summed E-state index contributed by atoms with van der Waals surface area (Å²) in [6, 6.07) is 62.5. The first kappa shape index (κ1) is 32.0. The van der Waals surface area contributed by atoms with Gasteiger partial charge in [-0.2, -0.15) is 0 Å². The van der Waals surface area contributed by atoms with Gasteiger partial charge in [0.1, 0.15) is 11.3 Å². The Bertz CT molecular complexity index is 3680. The summed E-state index contributed by atoms with van der Waals surface area (Å²) in [7, 11) is 0. The molecule has 0 spiro atoms. The van der Waals surface area contributed by atoms with E-state index in [0.717, 1.165) is 41.1 Å². The maximum Gasteiger partial charge on any atom is 0.142 e. The molecule has 4 heteroatoms. The third-order valence-corrected chi connectivity index (χ3v) is 13.6. The van der Waals surface area contributed by atoms with Gasteiger partial charge in [0.05, 0.1) is 22.1 Å². The minimum atomic E-state index is 0.933. The number of fused-ring (bicyclic) bond motifs is 12. The largest absolute Gasteiger partial charge is 0.460 e. The second-order valence-corrected chi connectivity index (χ2v) is 16.5. The lowest BCUT2D eigenvalue weighted by Crippen LogP contribution is -1.95. The summed E-state index contributed by atoms with van der Waals surface area (Å²) >= 11 is 1.87. The fourth-order valence-corrected chi connectivity index (χ4v) is 11.2. The van der Waals surface area contributed by atoms with Crippen LogP contribution in [0.4, 0.5) is 0 Å². The van der Waals surface area contributed by atoms with Gasteiger partial charge < -0.3 is 13.6 Å². The van der Waals surface area contributed by atoms with Gasteiger partial charge >= 0.3 is 0 Å². The first-order valence-electron chi connectivity index (χ1n) is 20.1. The second-order valence-electron chi connectivity index (χ2n) is 15.5.